The number of amides is 2. The topological polar surface area (TPSA) is 95.6 Å². The van der Waals surface area contributed by atoms with E-state index in [0.29, 0.717) is 4.47 Å². The van der Waals surface area contributed by atoms with Gasteiger partial charge in [0.25, 0.3) is 0 Å². The highest BCUT2D eigenvalue weighted by atomic mass is 79.9. The molecule has 0 radical (unpaired) electrons. The summed E-state index contributed by atoms with van der Waals surface area (Å²) in [6.45, 7) is -0.152. The summed E-state index contributed by atoms with van der Waals surface area (Å²) in [4.78, 5) is 24.3. The fourth-order valence-electron chi connectivity index (χ4n) is 1.44. The molecule has 0 unspecified atom stereocenters. The molecule has 0 bridgehead atoms. The van der Waals surface area contributed by atoms with E-state index in [9.17, 15) is 18.0 Å². The van der Waals surface area contributed by atoms with Crippen LogP contribution in [0, 0.1) is 0 Å². The van der Waals surface area contributed by atoms with E-state index >= 15 is 0 Å². The zero-order chi connectivity index (χ0) is 16.8. The van der Waals surface area contributed by atoms with Crippen LogP contribution in [0.25, 0.3) is 0 Å². The first kappa shape index (κ1) is 18.6. The van der Waals surface area contributed by atoms with Gasteiger partial charge in [-0.2, -0.15) is 0 Å². The van der Waals surface area contributed by atoms with Gasteiger partial charge >= 0.3 is 0 Å². The minimum atomic E-state index is -3.66. The van der Waals surface area contributed by atoms with Crippen LogP contribution in [0.3, 0.4) is 0 Å². The molecule has 2 amide bonds. The Balaban J connectivity index is 2.43. The largest absolute Gasteiger partial charge is 0.347 e. The fourth-order valence-corrected chi connectivity index (χ4v) is 3.07. The summed E-state index contributed by atoms with van der Waals surface area (Å²) in [6, 6.07) is 6.26. The van der Waals surface area contributed by atoms with Gasteiger partial charge in [0, 0.05) is 31.5 Å². The summed E-state index contributed by atoms with van der Waals surface area (Å²) in [5.74, 6) is -0.629. The minimum absolute atomic E-state index is 0.0448. The SMILES string of the molecule is CN(C)C(=O)CNC(=O)CCNS(=O)(=O)c1cccc(Br)c1. The second-order valence-electron chi connectivity index (χ2n) is 4.67. The molecule has 7 nitrogen and oxygen atoms in total. The Morgan fingerprint density at radius 3 is 2.55 bits per heavy atom. The zero-order valence-corrected chi connectivity index (χ0v) is 14.7. The molecule has 1 aromatic rings. The molecule has 122 valence electrons. The van der Waals surface area contributed by atoms with Crippen molar-refractivity contribution in [3.8, 4) is 0 Å². The molecule has 0 spiro atoms. The van der Waals surface area contributed by atoms with Crippen molar-refractivity contribution in [1.29, 1.82) is 0 Å². The number of hydrogen-bond acceptors (Lipinski definition) is 4. The summed E-state index contributed by atoms with van der Waals surface area (Å²) in [6.07, 6.45) is -0.0477. The Labute approximate surface area is 138 Å². The molecular weight excluding hydrogens is 374 g/mol. The van der Waals surface area contributed by atoms with Gasteiger partial charge in [-0.1, -0.05) is 22.0 Å². The number of hydrogen-bond donors (Lipinski definition) is 2. The van der Waals surface area contributed by atoms with E-state index in [1.165, 1.54) is 17.0 Å². The third-order valence-corrected chi connectivity index (χ3v) is 4.64. The maximum atomic E-state index is 12.0. The van der Waals surface area contributed by atoms with Crippen molar-refractivity contribution < 1.29 is 18.0 Å². The quantitative estimate of drug-likeness (QED) is 0.699. The number of halogens is 1. The lowest BCUT2D eigenvalue weighted by atomic mass is 10.4. The van der Waals surface area contributed by atoms with Crippen molar-refractivity contribution >= 4 is 37.8 Å². The predicted molar refractivity (Wildman–Crippen MR) is 85.7 cm³/mol. The number of carbonyl (C=O) groups is 2. The molecule has 0 saturated carbocycles. The third kappa shape index (κ3) is 6.12. The van der Waals surface area contributed by atoms with Crippen LogP contribution in [0.2, 0.25) is 0 Å². The van der Waals surface area contributed by atoms with Gasteiger partial charge in [-0.3, -0.25) is 9.59 Å². The van der Waals surface area contributed by atoms with Crippen LogP contribution in [-0.4, -0.2) is 52.3 Å². The number of sulfonamides is 1. The van der Waals surface area contributed by atoms with Gasteiger partial charge in [-0.25, -0.2) is 13.1 Å². The molecule has 2 N–H and O–H groups in total. The van der Waals surface area contributed by atoms with Gasteiger partial charge in [0.2, 0.25) is 21.8 Å². The van der Waals surface area contributed by atoms with Gasteiger partial charge in [0.05, 0.1) is 11.4 Å². The molecular formula is C13H18BrN3O4S. The van der Waals surface area contributed by atoms with Crippen molar-refractivity contribution in [2.75, 3.05) is 27.2 Å². The van der Waals surface area contributed by atoms with Crippen LogP contribution in [-0.2, 0) is 19.6 Å². The first-order chi connectivity index (χ1) is 10.2. The molecule has 0 aliphatic rings. The van der Waals surface area contributed by atoms with Crippen LogP contribution in [0.4, 0.5) is 0 Å². The molecule has 0 aliphatic heterocycles. The molecule has 0 atom stereocenters. The zero-order valence-electron chi connectivity index (χ0n) is 12.3. The third-order valence-electron chi connectivity index (χ3n) is 2.69. The highest BCUT2D eigenvalue weighted by Gasteiger charge is 2.14. The molecule has 0 aliphatic carbocycles. The highest BCUT2D eigenvalue weighted by molar-refractivity contribution is 9.10. The number of nitrogens with zero attached hydrogens (tertiary/aromatic N) is 1. The van der Waals surface area contributed by atoms with E-state index < -0.39 is 15.9 Å². The number of benzene rings is 1. The van der Waals surface area contributed by atoms with Gasteiger partial charge in [-0.05, 0) is 18.2 Å². The fraction of sp³-hybridized carbons (Fsp3) is 0.385. The van der Waals surface area contributed by atoms with Gasteiger partial charge in [-0.15, -0.1) is 0 Å². The van der Waals surface area contributed by atoms with Crippen LogP contribution in [0.5, 0.6) is 0 Å². The summed E-state index contributed by atoms with van der Waals surface area (Å²) in [7, 11) is -0.490. The lowest BCUT2D eigenvalue weighted by Gasteiger charge is -2.11. The maximum Gasteiger partial charge on any atom is 0.241 e. The van der Waals surface area contributed by atoms with Crippen LogP contribution >= 0.6 is 15.9 Å². The Morgan fingerprint density at radius 1 is 1.27 bits per heavy atom. The summed E-state index contributed by atoms with van der Waals surface area (Å²) in [5, 5.41) is 2.43. The summed E-state index contributed by atoms with van der Waals surface area (Å²) >= 11 is 3.20. The molecule has 1 rings (SSSR count). The maximum absolute atomic E-state index is 12.0. The first-order valence-electron chi connectivity index (χ1n) is 6.44. The lowest BCUT2D eigenvalue weighted by Crippen LogP contribution is -2.37. The second-order valence-corrected chi connectivity index (χ2v) is 7.35. The van der Waals surface area contributed by atoms with Crippen molar-refractivity contribution in [2.24, 2.45) is 0 Å². The molecule has 9 heteroatoms. The molecule has 0 aromatic heterocycles. The van der Waals surface area contributed by atoms with Crippen molar-refractivity contribution in [3.05, 3.63) is 28.7 Å². The van der Waals surface area contributed by atoms with E-state index in [-0.39, 0.29) is 30.3 Å². The van der Waals surface area contributed by atoms with E-state index in [1.54, 1.807) is 26.2 Å². The first-order valence-corrected chi connectivity index (χ1v) is 8.72. The van der Waals surface area contributed by atoms with E-state index in [1.807, 2.05) is 0 Å². The lowest BCUT2D eigenvalue weighted by molar-refractivity contribution is -0.130. The Bertz CT molecular complexity index is 646. The average molecular weight is 392 g/mol. The molecule has 22 heavy (non-hydrogen) atoms. The minimum Gasteiger partial charge on any atom is -0.347 e. The Morgan fingerprint density at radius 2 is 1.95 bits per heavy atom. The standard InChI is InChI=1S/C13H18BrN3O4S/c1-17(2)13(19)9-15-12(18)6-7-16-22(20,21)11-5-3-4-10(14)8-11/h3-5,8,16H,6-7,9H2,1-2H3,(H,15,18). The highest BCUT2D eigenvalue weighted by Crippen LogP contribution is 2.15. The van der Waals surface area contributed by atoms with Crippen LogP contribution in [0.1, 0.15) is 6.42 Å². The van der Waals surface area contributed by atoms with Crippen LogP contribution < -0.4 is 10.0 Å². The van der Waals surface area contributed by atoms with E-state index in [2.05, 4.69) is 26.0 Å². The monoisotopic (exact) mass is 391 g/mol. The summed E-state index contributed by atoms with van der Waals surface area (Å²) in [5.41, 5.74) is 0. The number of carbonyl (C=O) groups excluding carboxylic acids is 2. The van der Waals surface area contributed by atoms with Crippen LogP contribution in [0.15, 0.2) is 33.6 Å². The molecule has 0 heterocycles. The Kier molecular flexibility index (Phi) is 6.98. The number of likely N-dealkylation sites (N-methyl/N-ethyl adjacent to an activating group) is 1. The van der Waals surface area contributed by atoms with Gasteiger partial charge < -0.3 is 10.2 Å². The summed E-state index contributed by atoms with van der Waals surface area (Å²) < 4.78 is 27.0. The average Bonchev–Trinajstić information content (AvgIpc) is 2.44. The van der Waals surface area contributed by atoms with Crippen molar-refractivity contribution in [1.82, 2.24) is 14.9 Å². The van der Waals surface area contributed by atoms with E-state index in [0.717, 1.165) is 0 Å². The van der Waals surface area contributed by atoms with Gasteiger partial charge in [0.15, 0.2) is 0 Å². The Hall–Kier alpha value is -1.45. The molecule has 0 saturated heterocycles. The predicted octanol–water partition coefficient (Wildman–Crippen LogP) is 0.322. The smallest absolute Gasteiger partial charge is 0.241 e. The second kappa shape index (κ2) is 8.25. The van der Waals surface area contributed by atoms with Gasteiger partial charge in [0.1, 0.15) is 0 Å². The van der Waals surface area contributed by atoms with E-state index in [4.69, 9.17) is 0 Å². The molecule has 0 fully saturated rings. The normalized spacial score (nSPS) is 11.0. The molecule has 1 aromatic carbocycles. The number of nitrogens with one attached hydrogen (secondary N) is 2. The van der Waals surface area contributed by atoms with Crippen molar-refractivity contribution in [3.63, 3.8) is 0 Å². The number of rotatable bonds is 7. The van der Waals surface area contributed by atoms with Crippen molar-refractivity contribution in [2.45, 2.75) is 11.3 Å².